The van der Waals surface area contributed by atoms with Crippen LogP contribution >= 0.6 is 11.8 Å². The number of rotatable bonds is 5. The second-order valence-corrected chi connectivity index (χ2v) is 6.78. The average Bonchev–Trinajstić information content (AvgIpc) is 3.24. The van der Waals surface area contributed by atoms with Crippen LogP contribution in [0, 0.1) is 0 Å². The van der Waals surface area contributed by atoms with E-state index in [9.17, 15) is 5.11 Å². The van der Waals surface area contributed by atoms with Gasteiger partial charge in [0.05, 0.1) is 5.52 Å². The average molecular weight is 351 g/mol. The van der Waals surface area contributed by atoms with E-state index in [2.05, 4.69) is 19.5 Å². The van der Waals surface area contributed by atoms with Crippen molar-refractivity contribution in [1.82, 2.24) is 24.1 Å². The molecule has 4 aromatic rings. The molecule has 0 aliphatic rings. The van der Waals surface area contributed by atoms with Gasteiger partial charge in [0.2, 0.25) is 0 Å². The topological polar surface area (TPSA) is 68.8 Å². The highest BCUT2D eigenvalue weighted by Gasteiger charge is 2.09. The zero-order valence-electron chi connectivity index (χ0n) is 13.7. The van der Waals surface area contributed by atoms with E-state index in [0.29, 0.717) is 0 Å². The molecule has 0 bridgehead atoms. The molecule has 126 valence electrons. The summed E-state index contributed by atoms with van der Waals surface area (Å²) in [5.74, 6) is 2.02. The van der Waals surface area contributed by atoms with Gasteiger partial charge >= 0.3 is 0 Å². The second-order valence-electron chi connectivity index (χ2n) is 5.71. The molecule has 0 radical (unpaired) electrons. The summed E-state index contributed by atoms with van der Waals surface area (Å²) in [7, 11) is 2.00. The summed E-state index contributed by atoms with van der Waals surface area (Å²) in [6, 6.07) is 7.25. The van der Waals surface area contributed by atoms with Gasteiger partial charge in [0.25, 0.3) is 0 Å². The molecule has 1 aromatic carbocycles. The maximum atomic E-state index is 9.56. The van der Waals surface area contributed by atoms with Crippen LogP contribution in [0.25, 0.3) is 22.3 Å². The van der Waals surface area contributed by atoms with Crippen molar-refractivity contribution in [3.63, 3.8) is 0 Å². The largest absolute Gasteiger partial charge is 0.508 e. The number of aryl methyl sites for hydroxylation is 2. The third-order valence-electron chi connectivity index (χ3n) is 3.98. The third-order valence-corrected chi connectivity index (χ3v) is 5.02. The fourth-order valence-corrected chi connectivity index (χ4v) is 3.58. The summed E-state index contributed by atoms with van der Waals surface area (Å²) in [5, 5.41) is 11.5. The Bertz CT molecular complexity index is 1020. The van der Waals surface area contributed by atoms with Crippen molar-refractivity contribution in [2.24, 2.45) is 7.05 Å². The number of phenols is 1. The number of aromatic nitrogens is 5. The highest BCUT2D eigenvalue weighted by Crippen LogP contribution is 2.24. The first kappa shape index (κ1) is 15.7. The Morgan fingerprint density at radius 3 is 2.80 bits per heavy atom. The number of pyridine rings is 1. The van der Waals surface area contributed by atoms with E-state index >= 15 is 0 Å². The van der Waals surface area contributed by atoms with Gasteiger partial charge in [0, 0.05) is 67.3 Å². The monoisotopic (exact) mass is 351 g/mol. The zero-order valence-corrected chi connectivity index (χ0v) is 14.5. The van der Waals surface area contributed by atoms with E-state index in [1.165, 1.54) is 0 Å². The molecule has 7 heteroatoms. The fourth-order valence-electron chi connectivity index (χ4n) is 2.71. The summed E-state index contributed by atoms with van der Waals surface area (Å²) in [4.78, 5) is 13.3. The summed E-state index contributed by atoms with van der Waals surface area (Å²) in [5.41, 5.74) is 1.73. The Kier molecular flexibility index (Phi) is 4.15. The third kappa shape index (κ3) is 3.23. The molecule has 3 aromatic heterocycles. The van der Waals surface area contributed by atoms with Crippen LogP contribution in [0.4, 0.5) is 0 Å². The van der Waals surface area contributed by atoms with Crippen LogP contribution in [-0.4, -0.2) is 34.9 Å². The summed E-state index contributed by atoms with van der Waals surface area (Å²) in [6.07, 6.45) is 9.34. The Balaban J connectivity index is 1.54. The lowest BCUT2D eigenvalue weighted by Gasteiger charge is -2.08. The van der Waals surface area contributed by atoms with E-state index in [0.717, 1.165) is 39.7 Å². The Labute approximate surface area is 149 Å². The van der Waals surface area contributed by atoms with Gasteiger partial charge < -0.3 is 14.2 Å². The highest BCUT2D eigenvalue weighted by molar-refractivity contribution is 7.99. The molecular weight excluding hydrogens is 334 g/mol. The number of hydrogen-bond donors (Lipinski definition) is 1. The molecule has 0 saturated heterocycles. The quantitative estimate of drug-likeness (QED) is 0.559. The molecule has 0 aliphatic carbocycles. The summed E-state index contributed by atoms with van der Waals surface area (Å²) in [6.45, 7) is 0.834. The first-order valence-electron chi connectivity index (χ1n) is 7.91. The number of aromatic hydroxyl groups is 1. The van der Waals surface area contributed by atoms with E-state index < -0.39 is 0 Å². The second kappa shape index (κ2) is 6.60. The van der Waals surface area contributed by atoms with Gasteiger partial charge in [-0.3, -0.25) is 4.98 Å². The molecule has 25 heavy (non-hydrogen) atoms. The van der Waals surface area contributed by atoms with Gasteiger partial charge in [-0.15, -0.1) is 0 Å². The molecule has 3 heterocycles. The van der Waals surface area contributed by atoms with Crippen LogP contribution in [0.1, 0.15) is 0 Å². The molecule has 0 amide bonds. The molecule has 0 spiro atoms. The predicted molar refractivity (Wildman–Crippen MR) is 98.6 cm³/mol. The van der Waals surface area contributed by atoms with E-state index in [1.54, 1.807) is 30.1 Å². The van der Waals surface area contributed by atoms with Gasteiger partial charge in [0.1, 0.15) is 11.6 Å². The molecule has 6 nitrogen and oxygen atoms in total. The minimum atomic E-state index is 0.223. The molecular formula is C18H17N5OS. The normalized spacial score (nSPS) is 11.2. The standard InChI is InChI=1S/C18H17N5OS/c1-22-6-4-20-18(22)25-9-8-23-7-5-19-17(23)14-10-13-2-3-15(24)11-16(13)21-12-14/h2-7,10-12,24H,8-9H2,1H3. The number of benzene rings is 1. The lowest BCUT2D eigenvalue weighted by Crippen LogP contribution is -2.03. The number of thioether (sulfide) groups is 1. The van der Waals surface area contributed by atoms with E-state index in [4.69, 9.17) is 0 Å². The molecule has 0 aliphatic heterocycles. The van der Waals surface area contributed by atoms with Crippen LogP contribution in [0.15, 0.2) is 60.4 Å². The minimum Gasteiger partial charge on any atom is -0.508 e. The number of phenolic OH excluding ortho intramolecular Hbond substituents is 1. The van der Waals surface area contributed by atoms with E-state index in [-0.39, 0.29) is 5.75 Å². The van der Waals surface area contributed by atoms with Gasteiger partial charge in [-0.1, -0.05) is 11.8 Å². The van der Waals surface area contributed by atoms with Gasteiger partial charge in [0.15, 0.2) is 5.16 Å². The van der Waals surface area contributed by atoms with Gasteiger partial charge in [-0.25, -0.2) is 9.97 Å². The Hall–Kier alpha value is -2.80. The van der Waals surface area contributed by atoms with E-state index in [1.807, 2.05) is 48.5 Å². The van der Waals surface area contributed by atoms with Crippen LogP contribution in [0.2, 0.25) is 0 Å². The predicted octanol–water partition coefficient (Wildman–Crippen LogP) is 3.33. The van der Waals surface area contributed by atoms with Gasteiger partial charge in [-0.2, -0.15) is 0 Å². The van der Waals surface area contributed by atoms with Gasteiger partial charge in [-0.05, 0) is 18.2 Å². The van der Waals surface area contributed by atoms with Crippen LogP contribution in [0.3, 0.4) is 0 Å². The zero-order chi connectivity index (χ0) is 17.2. The molecule has 0 saturated carbocycles. The highest BCUT2D eigenvalue weighted by atomic mass is 32.2. The van der Waals surface area contributed by atoms with Crippen molar-refractivity contribution < 1.29 is 5.11 Å². The minimum absolute atomic E-state index is 0.223. The number of imidazole rings is 2. The first-order valence-corrected chi connectivity index (χ1v) is 8.90. The van der Waals surface area contributed by atoms with Crippen LogP contribution < -0.4 is 0 Å². The van der Waals surface area contributed by atoms with Crippen molar-refractivity contribution in [2.75, 3.05) is 5.75 Å². The van der Waals surface area contributed by atoms with Crippen LogP contribution in [-0.2, 0) is 13.6 Å². The molecule has 0 unspecified atom stereocenters. The summed E-state index contributed by atoms with van der Waals surface area (Å²) < 4.78 is 4.14. The number of fused-ring (bicyclic) bond motifs is 1. The fraction of sp³-hybridized carbons (Fsp3) is 0.167. The maximum Gasteiger partial charge on any atom is 0.167 e. The molecule has 0 atom stereocenters. The summed E-state index contributed by atoms with van der Waals surface area (Å²) >= 11 is 1.72. The van der Waals surface area contributed by atoms with Crippen molar-refractivity contribution in [3.8, 4) is 17.1 Å². The Morgan fingerprint density at radius 1 is 1.08 bits per heavy atom. The maximum absolute atomic E-state index is 9.56. The lowest BCUT2D eigenvalue weighted by molar-refractivity contribution is 0.476. The first-order chi connectivity index (χ1) is 12.2. The van der Waals surface area contributed by atoms with Crippen LogP contribution in [0.5, 0.6) is 5.75 Å². The lowest BCUT2D eigenvalue weighted by atomic mass is 10.1. The Morgan fingerprint density at radius 2 is 1.96 bits per heavy atom. The molecule has 1 N–H and O–H groups in total. The van der Waals surface area contributed by atoms with Crippen molar-refractivity contribution in [3.05, 3.63) is 55.2 Å². The van der Waals surface area contributed by atoms with Crippen molar-refractivity contribution in [2.45, 2.75) is 11.7 Å². The molecule has 0 fully saturated rings. The van der Waals surface area contributed by atoms with Crippen molar-refractivity contribution in [1.29, 1.82) is 0 Å². The van der Waals surface area contributed by atoms with Crippen molar-refractivity contribution >= 4 is 22.7 Å². The SMILES string of the molecule is Cn1ccnc1SCCn1ccnc1-c1cnc2cc(O)ccc2c1. The number of hydrogen-bond acceptors (Lipinski definition) is 5. The molecule has 4 rings (SSSR count). The smallest absolute Gasteiger partial charge is 0.167 e. The number of nitrogens with zero attached hydrogens (tertiary/aromatic N) is 5.